The molecule has 4 aromatic heterocycles. The smallest absolute Gasteiger partial charge is 0.138 e. The third-order valence-electron chi connectivity index (χ3n) is 9.52. The third kappa shape index (κ3) is 4.05. The summed E-state index contributed by atoms with van der Waals surface area (Å²) in [5, 5.41) is 4.60. The zero-order valence-corrected chi connectivity index (χ0v) is 25.7. The van der Waals surface area contributed by atoms with E-state index < -0.39 is 0 Å². The maximum atomic E-state index is 5.13. The molecule has 0 amide bonds. The first-order chi connectivity index (χ1) is 22.6. The van der Waals surface area contributed by atoms with Gasteiger partial charge in [0.15, 0.2) is 0 Å². The second-order valence-corrected chi connectivity index (χ2v) is 12.6. The first kappa shape index (κ1) is 26.6. The van der Waals surface area contributed by atoms with Crippen molar-refractivity contribution in [3.05, 3.63) is 150 Å². The van der Waals surface area contributed by atoms with Crippen LogP contribution >= 0.6 is 0 Å². The topological polar surface area (TPSA) is 55.6 Å². The Morgan fingerprint density at radius 3 is 2.09 bits per heavy atom. The molecule has 2 aliphatic rings. The predicted molar refractivity (Wildman–Crippen MR) is 186 cm³/mol. The summed E-state index contributed by atoms with van der Waals surface area (Å²) in [5.41, 5.74) is 14.2. The van der Waals surface area contributed by atoms with Gasteiger partial charge in [-0.15, -0.1) is 0 Å². The lowest BCUT2D eigenvalue weighted by Crippen LogP contribution is -2.14. The maximum Gasteiger partial charge on any atom is 0.138 e. The summed E-state index contributed by atoms with van der Waals surface area (Å²) < 4.78 is 2.25. The minimum absolute atomic E-state index is 0.0591. The van der Waals surface area contributed by atoms with Crippen LogP contribution in [0.3, 0.4) is 0 Å². The van der Waals surface area contributed by atoms with E-state index in [9.17, 15) is 0 Å². The minimum atomic E-state index is -0.0591. The molecule has 1 aliphatic carbocycles. The van der Waals surface area contributed by atoms with Gasteiger partial charge in [-0.25, -0.2) is 15.0 Å². The summed E-state index contributed by atoms with van der Waals surface area (Å²) in [7, 11) is 0. The molecule has 7 aromatic rings. The molecule has 0 saturated heterocycles. The molecule has 3 aromatic carbocycles. The number of rotatable bonds is 4. The van der Waals surface area contributed by atoms with Crippen molar-refractivity contribution in [2.24, 2.45) is 0 Å². The maximum absolute atomic E-state index is 5.13. The fourth-order valence-electron chi connectivity index (χ4n) is 7.25. The summed E-state index contributed by atoms with van der Waals surface area (Å²) in [6.45, 7) is 5.42. The fourth-order valence-corrected chi connectivity index (χ4v) is 7.25. The molecular formula is C41H31N5. The van der Waals surface area contributed by atoms with E-state index in [1.54, 1.807) is 0 Å². The van der Waals surface area contributed by atoms with Gasteiger partial charge in [0.1, 0.15) is 5.82 Å². The summed E-state index contributed by atoms with van der Waals surface area (Å²) in [6, 6.07) is 42.4. The van der Waals surface area contributed by atoms with Crippen LogP contribution in [0.25, 0.3) is 68.0 Å². The van der Waals surface area contributed by atoms with Crippen LogP contribution in [-0.2, 0) is 12.0 Å². The molecule has 0 unspecified atom stereocenters. The number of nitrogens with zero attached hydrogens (tertiary/aromatic N) is 4. The van der Waals surface area contributed by atoms with Crippen LogP contribution in [0.15, 0.2) is 128 Å². The number of aromatic nitrogens is 4. The second-order valence-electron chi connectivity index (χ2n) is 12.6. The lowest BCUT2D eigenvalue weighted by Gasteiger charge is -2.21. The molecule has 5 heterocycles. The molecule has 1 aliphatic heterocycles. The molecule has 1 N–H and O–H groups in total. The number of fused-ring (bicyclic) bond motifs is 6. The Labute approximate surface area is 268 Å². The Morgan fingerprint density at radius 2 is 1.26 bits per heavy atom. The minimum Gasteiger partial charge on any atom is -0.387 e. The SMILES string of the molecule is CC1(C)c2ccccc2-c2ccc(-c3cccc(-c4cccc(-c5cccc(-n6c7c(c8ccccc86)CNC=C7)n5)n4)n3)cc21. The van der Waals surface area contributed by atoms with Gasteiger partial charge in [-0.1, -0.05) is 86.6 Å². The summed E-state index contributed by atoms with van der Waals surface area (Å²) >= 11 is 0. The average Bonchev–Trinajstić information content (AvgIpc) is 3.57. The molecule has 5 heteroatoms. The monoisotopic (exact) mass is 593 g/mol. The summed E-state index contributed by atoms with van der Waals surface area (Å²) in [4.78, 5) is 15.3. The van der Waals surface area contributed by atoms with Crippen LogP contribution in [0.4, 0.5) is 0 Å². The van der Waals surface area contributed by atoms with Crippen molar-refractivity contribution in [2.45, 2.75) is 25.8 Å². The van der Waals surface area contributed by atoms with Gasteiger partial charge in [0, 0.05) is 28.5 Å². The van der Waals surface area contributed by atoms with Gasteiger partial charge in [-0.05, 0) is 83.1 Å². The quantitative estimate of drug-likeness (QED) is 0.221. The van der Waals surface area contributed by atoms with E-state index in [0.29, 0.717) is 0 Å². The lowest BCUT2D eigenvalue weighted by atomic mass is 9.82. The van der Waals surface area contributed by atoms with Crippen LogP contribution in [0.5, 0.6) is 0 Å². The molecule has 0 bridgehead atoms. The van der Waals surface area contributed by atoms with E-state index in [4.69, 9.17) is 15.0 Å². The van der Waals surface area contributed by atoms with E-state index in [0.717, 1.165) is 57.6 Å². The van der Waals surface area contributed by atoms with Crippen LogP contribution in [0, 0.1) is 0 Å². The van der Waals surface area contributed by atoms with E-state index in [2.05, 4.69) is 121 Å². The van der Waals surface area contributed by atoms with Gasteiger partial charge in [-0.3, -0.25) is 4.57 Å². The van der Waals surface area contributed by atoms with Crippen LogP contribution < -0.4 is 5.32 Å². The number of benzene rings is 3. The first-order valence-electron chi connectivity index (χ1n) is 15.8. The molecule has 5 nitrogen and oxygen atoms in total. The van der Waals surface area contributed by atoms with Crippen molar-refractivity contribution in [2.75, 3.05) is 0 Å². The largest absolute Gasteiger partial charge is 0.387 e. The van der Waals surface area contributed by atoms with Gasteiger partial charge < -0.3 is 5.32 Å². The Morgan fingerprint density at radius 1 is 0.609 bits per heavy atom. The van der Waals surface area contributed by atoms with Gasteiger partial charge in [0.2, 0.25) is 0 Å². The van der Waals surface area contributed by atoms with E-state index in [-0.39, 0.29) is 5.41 Å². The van der Waals surface area contributed by atoms with Crippen LogP contribution in [0.2, 0.25) is 0 Å². The van der Waals surface area contributed by atoms with Crippen molar-refractivity contribution < 1.29 is 0 Å². The normalized spacial score (nSPS) is 14.0. The van der Waals surface area contributed by atoms with Crippen molar-refractivity contribution in [1.82, 2.24) is 24.8 Å². The number of para-hydroxylation sites is 1. The number of hydrogen-bond acceptors (Lipinski definition) is 4. The van der Waals surface area contributed by atoms with Gasteiger partial charge in [0.25, 0.3) is 0 Å². The molecule has 46 heavy (non-hydrogen) atoms. The predicted octanol–water partition coefficient (Wildman–Crippen LogP) is 9.20. The van der Waals surface area contributed by atoms with Gasteiger partial charge in [0.05, 0.1) is 39.7 Å². The zero-order chi connectivity index (χ0) is 30.8. The Bertz CT molecular complexity index is 2360. The molecule has 0 radical (unpaired) electrons. The summed E-state index contributed by atoms with van der Waals surface area (Å²) in [5.74, 6) is 0.871. The van der Waals surface area contributed by atoms with Crippen molar-refractivity contribution >= 4 is 17.0 Å². The number of nitrogens with one attached hydrogen (secondary N) is 1. The number of pyridine rings is 3. The van der Waals surface area contributed by atoms with Gasteiger partial charge >= 0.3 is 0 Å². The molecule has 0 fully saturated rings. The number of hydrogen-bond donors (Lipinski definition) is 1. The molecule has 0 spiro atoms. The molecule has 220 valence electrons. The van der Waals surface area contributed by atoms with Crippen molar-refractivity contribution in [3.8, 4) is 51.0 Å². The first-order valence-corrected chi connectivity index (χ1v) is 15.8. The highest BCUT2D eigenvalue weighted by Gasteiger charge is 2.35. The van der Waals surface area contributed by atoms with E-state index in [1.807, 2.05) is 36.5 Å². The van der Waals surface area contributed by atoms with Crippen molar-refractivity contribution in [1.29, 1.82) is 0 Å². The Balaban J connectivity index is 1.08. The highest BCUT2D eigenvalue weighted by molar-refractivity contribution is 5.90. The average molecular weight is 594 g/mol. The van der Waals surface area contributed by atoms with Gasteiger partial charge in [-0.2, -0.15) is 0 Å². The van der Waals surface area contributed by atoms with Crippen LogP contribution in [0.1, 0.15) is 36.2 Å². The van der Waals surface area contributed by atoms with Crippen molar-refractivity contribution in [3.63, 3.8) is 0 Å². The molecule has 0 saturated carbocycles. The van der Waals surface area contributed by atoms with E-state index in [1.165, 1.54) is 33.2 Å². The standard InChI is InChI=1S/C41H31N5/c1-41(2)31-12-5-3-10-27(31)28-21-20-26(24-32(28)41)33-13-7-14-34(43-33)35-15-8-16-36(44-35)37-17-9-19-40(45-37)46-38-18-6-4-11-29(38)30-25-42-23-22-39(30)46/h3-24,42H,25H2,1-2H3. The lowest BCUT2D eigenvalue weighted by molar-refractivity contribution is 0.660. The molecule has 0 atom stereocenters. The zero-order valence-electron chi connectivity index (χ0n) is 25.7. The fraction of sp³-hybridized carbons (Fsp3) is 0.0976. The highest BCUT2D eigenvalue weighted by Crippen LogP contribution is 2.49. The molecular weight excluding hydrogens is 562 g/mol. The second kappa shape index (κ2) is 10.1. The highest BCUT2D eigenvalue weighted by atomic mass is 15.1. The Hall–Kier alpha value is -5.81. The molecule has 9 rings (SSSR count). The summed E-state index contributed by atoms with van der Waals surface area (Å²) in [6.07, 6.45) is 4.14. The third-order valence-corrected chi connectivity index (χ3v) is 9.52. The van der Waals surface area contributed by atoms with Crippen LogP contribution in [-0.4, -0.2) is 19.5 Å². The Kier molecular flexibility index (Phi) is 5.84. The van der Waals surface area contributed by atoms with E-state index >= 15 is 0 Å².